The van der Waals surface area contributed by atoms with Crippen molar-refractivity contribution in [2.45, 2.75) is 83.3 Å². The summed E-state index contributed by atoms with van der Waals surface area (Å²) in [5.41, 5.74) is 18.4. The Morgan fingerprint density at radius 2 is 1.68 bits per heavy atom. The number of hydrogen-bond donors (Lipinski definition) is 5. The molecule has 0 spiro atoms. The highest BCUT2D eigenvalue weighted by atomic mass is 16.2. The molecule has 0 radical (unpaired) electrons. The van der Waals surface area contributed by atoms with Crippen molar-refractivity contribution in [2.24, 2.45) is 28.1 Å². The fourth-order valence-corrected chi connectivity index (χ4v) is 4.01. The summed E-state index contributed by atoms with van der Waals surface area (Å²) in [6, 6.07) is 5.90. The van der Waals surface area contributed by atoms with Gasteiger partial charge in [-0.2, -0.15) is 0 Å². The Kier molecular flexibility index (Phi) is 9.78. The maximum atomic E-state index is 12.7. The number of nitrogens with one attached hydrogen (secondary N) is 2. The van der Waals surface area contributed by atoms with E-state index in [2.05, 4.69) is 15.6 Å². The predicted octanol–water partition coefficient (Wildman–Crippen LogP) is 1.83. The first kappa shape index (κ1) is 24.7. The molecule has 8 heteroatoms. The van der Waals surface area contributed by atoms with Crippen molar-refractivity contribution in [1.29, 1.82) is 0 Å². The van der Waals surface area contributed by atoms with Crippen LogP contribution in [0, 0.1) is 5.92 Å². The summed E-state index contributed by atoms with van der Waals surface area (Å²) in [7, 11) is 0. The molecule has 1 fully saturated rings. The Bertz CT molecular complexity index is 737. The molecule has 1 aliphatic rings. The topological polar surface area (TPSA) is 149 Å². The normalized spacial score (nSPS) is 16.4. The average Bonchev–Trinajstić information content (AvgIpc) is 2.72. The number of rotatable bonds is 10. The number of nitrogens with zero attached hydrogens (tertiary/aromatic N) is 1. The van der Waals surface area contributed by atoms with Crippen molar-refractivity contribution >= 4 is 23.5 Å². The van der Waals surface area contributed by atoms with Gasteiger partial charge in [-0.1, -0.05) is 44.2 Å². The molecule has 2 atom stereocenters. The fourth-order valence-electron chi connectivity index (χ4n) is 4.01. The van der Waals surface area contributed by atoms with Crippen LogP contribution in [-0.4, -0.2) is 35.9 Å². The molecule has 8 N–H and O–H groups in total. The fraction of sp³-hybridized carbons (Fsp3) is 0.609. The summed E-state index contributed by atoms with van der Waals surface area (Å²) in [5.74, 6) is 0.161. The highest BCUT2D eigenvalue weighted by Gasteiger charge is 2.25. The maximum Gasteiger partial charge on any atom is 0.242 e. The average molecular weight is 431 g/mol. The van der Waals surface area contributed by atoms with Crippen LogP contribution < -0.4 is 27.8 Å². The molecule has 8 nitrogen and oxygen atoms in total. The molecular formula is C23H38N6O2. The number of carbonyl (C=O) groups is 2. The summed E-state index contributed by atoms with van der Waals surface area (Å²) >= 11 is 0. The van der Waals surface area contributed by atoms with Gasteiger partial charge in [-0.05, 0) is 56.7 Å². The summed E-state index contributed by atoms with van der Waals surface area (Å²) in [6.07, 6.45) is 8.16. The Morgan fingerprint density at radius 3 is 2.26 bits per heavy atom. The van der Waals surface area contributed by atoms with Gasteiger partial charge in [0.15, 0.2) is 5.96 Å². The van der Waals surface area contributed by atoms with Gasteiger partial charge in [0.2, 0.25) is 11.8 Å². The van der Waals surface area contributed by atoms with Gasteiger partial charge in [0, 0.05) is 6.04 Å². The maximum absolute atomic E-state index is 12.7. The highest BCUT2D eigenvalue weighted by molar-refractivity contribution is 5.89. The van der Waals surface area contributed by atoms with E-state index in [1.807, 2.05) is 26.0 Å². The summed E-state index contributed by atoms with van der Waals surface area (Å²) in [6.45, 7) is 3.82. The summed E-state index contributed by atoms with van der Waals surface area (Å²) in [4.78, 5) is 29.4. The zero-order valence-corrected chi connectivity index (χ0v) is 18.8. The number of benzene rings is 1. The molecule has 2 rings (SSSR count). The van der Waals surface area contributed by atoms with Crippen molar-refractivity contribution in [3.8, 4) is 0 Å². The molecule has 0 aromatic heterocycles. The number of amides is 2. The molecule has 172 valence electrons. The molecule has 0 saturated heterocycles. The van der Waals surface area contributed by atoms with Crippen molar-refractivity contribution in [1.82, 2.24) is 10.6 Å². The molecule has 0 heterocycles. The molecule has 0 bridgehead atoms. The van der Waals surface area contributed by atoms with Gasteiger partial charge in [-0.15, -0.1) is 0 Å². The second kappa shape index (κ2) is 12.3. The van der Waals surface area contributed by atoms with Crippen molar-refractivity contribution < 1.29 is 9.59 Å². The lowest BCUT2D eigenvalue weighted by Gasteiger charge is -2.26. The number of carbonyl (C=O) groups excluding carboxylic acids is 2. The van der Waals surface area contributed by atoms with Gasteiger partial charge in [0.05, 0.1) is 11.7 Å². The van der Waals surface area contributed by atoms with Crippen molar-refractivity contribution in [2.75, 3.05) is 0 Å². The number of guanidine groups is 1. The molecule has 1 aromatic carbocycles. The lowest BCUT2D eigenvalue weighted by atomic mass is 9.85. The third kappa shape index (κ3) is 8.96. The van der Waals surface area contributed by atoms with E-state index >= 15 is 0 Å². The summed E-state index contributed by atoms with van der Waals surface area (Å²) < 4.78 is 0. The van der Waals surface area contributed by atoms with Crippen LogP contribution in [0.1, 0.15) is 64.4 Å². The van der Waals surface area contributed by atoms with Crippen LogP contribution in [0.2, 0.25) is 0 Å². The lowest BCUT2D eigenvalue weighted by Crippen LogP contribution is -2.53. The van der Waals surface area contributed by atoms with Crippen LogP contribution in [-0.2, 0) is 16.0 Å². The van der Waals surface area contributed by atoms with E-state index in [4.69, 9.17) is 17.2 Å². The van der Waals surface area contributed by atoms with Crippen LogP contribution in [0.3, 0.4) is 0 Å². The van der Waals surface area contributed by atoms with E-state index in [-0.39, 0.29) is 23.8 Å². The molecule has 0 aliphatic heterocycles. The van der Waals surface area contributed by atoms with Gasteiger partial charge < -0.3 is 27.8 Å². The molecule has 2 amide bonds. The van der Waals surface area contributed by atoms with Gasteiger partial charge in [-0.25, -0.2) is 4.99 Å². The van der Waals surface area contributed by atoms with Crippen LogP contribution in [0.15, 0.2) is 29.3 Å². The van der Waals surface area contributed by atoms with E-state index in [9.17, 15) is 9.59 Å². The first-order valence-electron chi connectivity index (χ1n) is 11.3. The van der Waals surface area contributed by atoms with Gasteiger partial charge in [0.25, 0.3) is 0 Å². The molecule has 0 unspecified atom stereocenters. The van der Waals surface area contributed by atoms with Crippen LogP contribution in [0.5, 0.6) is 0 Å². The van der Waals surface area contributed by atoms with E-state index in [1.165, 1.54) is 32.1 Å². The first-order chi connectivity index (χ1) is 14.7. The minimum Gasteiger partial charge on any atom is -0.370 e. The Balaban J connectivity index is 1.94. The minimum absolute atomic E-state index is 0.0113. The predicted molar refractivity (Wildman–Crippen MR) is 125 cm³/mol. The van der Waals surface area contributed by atoms with Crippen LogP contribution in [0.4, 0.5) is 5.69 Å². The smallest absolute Gasteiger partial charge is 0.242 e. The molecule has 1 aromatic rings. The first-order valence-corrected chi connectivity index (χ1v) is 11.3. The number of nitrogens with two attached hydrogens (primary N) is 3. The Morgan fingerprint density at radius 1 is 1.03 bits per heavy atom. The highest BCUT2D eigenvalue weighted by Crippen LogP contribution is 2.27. The lowest BCUT2D eigenvalue weighted by molar-refractivity contribution is -0.130. The Labute approximate surface area is 185 Å². The molecule has 1 aliphatic carbocycles. The van der Waals surface area contributed by atoms with E-state index in [0.29, 0.717) is 24.4 Å². The number of aliphatic imine (C=N–C) groups is 1. The quantitative estimate of drug-likeness (QED) is 0.284. The van der Waals surface area contributed by atoms with E-state index < -0.39 is 12.1 Å². The SMILES string of the molecule is CC(C)NC(=O)[C@H](CCC1CCCCC1)NC(=O)[C@@H](N)Cc1ccc(N=C(N)N)cc1. The van der Waals surface area contributed by atoms with Gasteiger partial charge >= 0.3 is 0 Å². The summed E-state index contributed by atoms with van der Waals surface area (Å²) in [5, 5.41) is 5.81. The van der Waals surface area contributed by atoms with E-state index in [1.54, 1.807) is 12.1 Å². The van der Waals surface area contributed by atoms with Crippen LogP contribution in [0.25, 0.3) is 0 Å². The second-order valence-corrected chi connectivity index (χ2v) is 8.82. The largest absolute Gasteiger partial charge is 0.370 e. The van der Waals surface area contributed by atoms with Crippen molar-refractivity contribution in [3.63, 3.8) is 0 Å². The van der Waals surface area contributed by atoms with Gasteiger partial charge in [-0.3, -0.25) is 9.59 Å². The third-order valence-corrected chi connectivity index (χ3v) is 5.64. The standard InChI is InChI=1S/C23H38N6O2/c1-15(2)27-22(31)20(13-10-16-6-4-3-5-7-16)29-21(30)19(24)14-17-8-11-18(12-9-17)28-23(25)26/h8-9,11-12,15-16,19-20H,3-7,10,13-14,24H2,1-2H3,(H,27,31)(H,29,30)(H4,25,26,28)/t19-,20-/m0/s1. The number of hydrogen-bond acceptors (Lipinski definition) is 4. The zero-order chi connectivity index (χ0) is 22.8. The van der Waals surface area contributed by atoms with Gasteiger partial charge in [0.1, 0.15) is 6.04 Å². The van der Waals surface area contributed by atoms with Crippen molar-refractivity contribution in [3.05, 3.63) is 29.8 Å². The third-order valence-electron chi connectivity index (χ3n) is 5.64. The zero-order valence-electron chi connectivity index (χ0n) is 18.8. The Hall–Kier alpha value is -2.61. The van der Waals surface area contributed by atoms with Crippen LogP contribution >= 0.6 is 0 Å². The monoisotopic (exact) mass is 430 g/mol. The molecular weight excluding hydrogens is 392 g/mol. The molecule has 31 heavy (non-hydrogen) atoms. The molecule has 1 saturated carbocycles. The van der Waals surface area contributed by atoms with E-state index in [0.717, 1.165) is 12.0 Å². The minimum atomic E-state index is -0.752. The second-order valence-electron chi connectivity index (χ2n) is 8.82.